The Morgan fingerprint density at radius 2 is 1.90 bits per heavy atom. The topological polar surface area (TPSA) is 50.7 Å². The van der Waals surface area contributed by atoms with Crippen molar-refractivity contribution in [2.75, 3.05) is 5.32 Å². The molecule has 1 N–H and O–H groups in total. The van der Waals surface area contributed by atoms with Crippen molar-refractivity contribution in [2.45, 2.75) is 19.9 Å². The molecule has 0 aliphatic heterocycles. The van der Waals surface area contributed by atoms with Crippen molar-refractivity contribution in [2.24, 2.45) is 0 Å². The quantitative estimate of drug-likeness (QED) is 0.786. The Kier molecular flexibility index (Phi) is 3.54. The van der Waals surface area contributed by atoms with E-state index in [4.69, 9.17) is 0 Å². The lowest BCUT2D eigenvalue weighted by Crippen LogP contribution is -2.06. The molecule has 4 heteroatoms. The highest BCUT2D eigenvalue weighted by atomic mass is 15.0. The molecule has 0 radical (unpaired) electrons. The van der Waals surface area contributed by atoms with Crippen LogP contribution in [0, 0.1) is 0 Å². The molecule has 20 heavy (non-hydrogen) atoms. The molecule has 0 bridgehead atoms. The van der Waals surface area contributed by atoms with Crippen molar-refractivity contribution in [3.63, 3.8) is 0 Å². The van der Waals surface area contributed by atoms with E-state index in [1.165, 1.54) is 5.56 Å². The van der Waals surface area contributed by atoms with Crippen molar-refractivity contribution in [1.82, 2.24) is 15.0 Å². The third-order valence-electron chi connectivity index (χ3n) is 3.33. The zero-order chi connectivity index (χ0) is 13.8. The molecule has 0 aliphatic carbocycles. The van der Waals surface area contributed by atoms with Gasteiger partial charge in [-0.25, -0.2) is 9.97 Å². The van der Waals surface area contributed by atoms with Gasteiger partial charge in [0, 0.05) is 11.6 Å². The fraction of sp³-hybridized carbons (Fsp3) is 0.188. The number of rotatable bonds is 4. The molecule has 0 atom stereocenters. The second kappa shape index (κ2) is 5.65. The molecule has 0 aliphatic rings. The molecule has 0 saturated carbocycles. The van der Waals surface area contributed by atoms with E-state index in [9.17, 15) is 0 Å². The predicted octanol–water partition coefficient (Wildman–Crippen LogP) is 3.20. The highest BCUT2D eigenvalue weighted by Crippen LogP contribution is 2.19. The molecule has 2 aromatic heterocycles. The van der Waals surface area contributed by atoms with E-state index in [1.807, 2.05) is 36.5 Å². The SMILES string of the molecule is CCc1cccnc1CNc1ncnc2ccccc12. The van der Waals surface area contributed by atoms with Crippen molar-refractivity contribution in [3.8, 4) is 0 Å². The molecule has 0 spiro atoms. The summed E-state index contributed by atoms with van der Waals surface area (Å²) in [5, 5.41) is 4.40. The van der Waals surface area contributed by atoms with Crippen LogP contribution in [0.2, 0.25) is 0 Å². The Morgan fingerprint density at radius 1 is 1.00 bits per heavy atom. The summed E-state index contributed by atoms with van der Waals surface area (Å²) in [6.07, 6.45) is 4.40. The molecule has 0 amide bonds. The van der Waals surface area contributed by atoms with Gasteiger partial charge in [0.05, 0.1) is 17.8 Å². The molecule has 0 saturated heterocycles. The second-order valence-corrected chi connectivity index (χ2v) is 4.56. The monoisotopic (exact) mass is 264 g/mol. The smallest absolute Gasteiger partial charge is 0.137 e. The highest BCUT2D eigenvalue weighted by molar-refractivity contribution is 5.88. The number of benzene rings is 1. The van der Waals surface area contributed by atoms with Gasteiger partial charge in [-0.1, -0.05) is 25.1 Å². The van der Waals surface area contributed by atoms with E-state index in [0.29, 0.717) is 6.54 Å². The van der Waals surface area contributed by atoms with Crippen LogP contribution in [0.15, 0.2) is 48.9 Å². The number of para-hydroxylation sites is 1. The number of nitrogens with one attached hydrogen (secondary N) is 1. The molecule has 0 unspecified atom stereocenters. The van der Waals surface area contributed by atoms with E-state index in [2.05, 4.69) is 33.3 Å². The maximum atomic E-state index is 4.44. The lowest BCUT2D eigenvalue weighted by Gasteiger charge is -2.10. The number of aryl methyl sites for hydroxylation is 1. The molecular weight excluding hydrogens is 248 g/mol. The minimum Gasteiger partial charge on any atom is -0.364 e. The van der Waals surface area contributed by atoms with Crippen LogP contribution in [0.25, 0.3) is 10.9 Å². The second-order valence-electron chi connectivity index (χ2n) is 4.56. The zero-order valence-electron chi connectivity index (χ0n) is 11.4. The first-order valence-electron chi connectivity index (χ1n) is 6.75. The van der Waals surface area contributed by atoms with Crippen molar-refractivity contribution in [1.29, 1.82) is 0 Å². The minimum atomic E-state index is 0.672. The van der Waals surface area contributed by atoms with Crippen LogP contribution in [0.4, 0.5) is 5.82 Å². The lowest BCUT2D eigenvalue weighted by molar-refractivity contribution is 0.965. The first-order chi connectivity index (χ1) is 9.88. The van der Waals surface area contributed by atoms with E-state index in [1.54, 1.807) is 6.33 Å². The Labute approximate surface area is 117 Å². The molecular formula is C16H16N4. The summed E-state index contributed by atoms with van der Waals surface area (Å²) >= 11 is 0. The fourth-order valence-corrected chi connectivity index (χ4v) is 2.27. The molecule has 100 valence electrons. The van der Waals surface area contributed by atoms with Gasteiger partial charge in [-0.05, 0) is 30.2 Å². The Bertz CT molecular complexity index is 719. The molecule has 3 aromatic rings. The summed E-state index contributed by atoms with van der Waals surface area (Å²) in [5.74, 6) is 0.850. The van der Waals surface area contributed by atoms with Crippen molar-refractivity contribution >= 4 is 16.7 Å². The van der Waals surface area contributed by atoms with Crippen LogP contribution in [-0.4, -0.2) is 15.0 Å². The van der Waals surface area contributed by atoms with Crippen LogP contribution in [0.3, 0.4) is 0 Å². The van der Waals surface area contributed by atoms with E-state index >= 15 is 0 Å². The van der Waals surface area contributed by atoms with E-state index in [0.717, 1.165) is 28.8 Å². The van der Waals surface area contributed by atoms with Crippen LogP contribution >= 0.6 is 0 Å². The number of anilines is 1. The third kappa shape index (κ3) is 2.45. The number of aromatic nitrogens is 3. The van der Waals surface area contributed by atoms with Gasteiger partial charge in [0.1, 0.15) is 12.1 Å². The number of nitrogens with zero attached hydrogens (tertiary/aromatic N) is 3. The summed E-state index contributed by atoms with van der Waals surface area (Å²) in [4.78, 5) is 13.0. The average molecular weight is 264 g/mol. The van der Waals surface area contributed by atoms with Crippen LogP contribution in [0.5, 0.6) is 0 Å². The molecule has 0 fully saturated rings. The Morgan fingerprint density at radius 3 is 2.80 bits per heavy atom. The standard InChI is InChI=1S/C16H16N4/c1-2-12-6-5-9-17-15(12)10-18-16-13-7-3-4-8-14(13)19-11-20-16/h3-9,11H,2,10H2,1H3,(H,18,19,20). The van der Waals surface area contributed by atoms with E-state index in [-0.39, 0.29) is 0 Å². The van der Waals surface area contributed by atoms with Gasteiger partial charge in [0.15, 0.2) is 0 Å². The maximum absolute atomic E-state index is 4.44. The molecule has 2 heterocycles. The predicted molar refractivity (Wildman–Crippen MR) is 80.5 cm³/mol. The van der Waals surface area contributed by atoms with Crippen LogP contribution in [-0.2, 0) is 13.0 Å². The van der Waals surface area contributed by atoms with E-state index < -0.39 is 0 Å². The van der Waals surface area contributed by atoms with Gasteiger partial charge in [-0.15, -0.1) is 0 Å². The van der Waals surface area contributed by atoms with Gasteiger partial charge in [0.25, 0.3) is 0 Å². The number of fused-ring (bicyclic) bond motifs is 1. The van der Waals surface area contributed by atoms with Crippen molar-refractivity contribution < 1.29 is 0 Å². The summed E-state index contributed by atoms with van der Waals surface area (Å²) in [7, 11) is 0. The Balaban J connectivity index is 1.87. The van der Waals surface area contributed by atoms with Crippen molar-refractivity contribution in [3.05, 3.63) is 60.2 Å². The molecule has 3 rings (SSSR count). The van der Waals surface area contributed by atoms with Gasteiger partial charge in [0.2, 0.25) is 0 Å². The Hall–Kier alpha value is -2.49. The lowest BCUT2D eigenvalue weighted by atomic mass is 10.1. The number of hydrogen-bond acceptors (Lipinski definition) is 4. The summed E-state index contributed by atoms with van der Waals surface area (Å²) in [6.45, 7) is 2.81. The van der Waals surface area contributed by atoms with Gasteiger partial charge >= 0.3 is 0 Å². The average Bonchev–Trinajstić information content (AvgIpc) is 2.53. The molecule has 1 aromatic carbocycles. The van der Waals surface area contributed by atoms with Crippen LogP contribution < -0.4 is 5.32 Å². The largest absolute Gasteiger partial charge is 0.364 e. The van der Waals surface area contributed by atoms with Gasteiger partial charge in [-0.3, -0.25) is 4.98 Å². The summed E-state index contributed by atoms with van der Waals surface area (Å²) in [5.41, 5.74) is 3.28. The van der Waals surface area contributed by atoms with Crippen LogP contribution in [0.1, 0.15) is 18.2 Å². The third-order valence-corrected chi connectivity index (χ3v) is 3.33. The highest BCUT2D eigenvalue weighted by Gasteiger charge is 2.05. The van der Waals surface area contributed by atoms with Gasteiger partial charge in [-0.2, -0.15) is 0 Å². The number of hydrogen-bond donors (Lipinski definition) is 1. The maximum Gasteiger partial charge on any atom is 0.137 e. The van der Waals surface area contributed by atoms with Gasteiger partial charge < -0.3 is 5.32 Å². The minimum absolute atomic E-state index is 0.672. The first kappa shape index (κ1) is 12.5. The first-order valence-corrected chi connectivity index (χ1v) is 6.75. The fourth-order valence-electron chi connectivity index (χ4n) is 2.27. The number of pyridine rings is 1. The zero-order valence-corrected chi connectivity index (χ0v) is 11.4. The summed E-state index contributed by atoms with van der Waals surface area (Å²) < 4.78 is 0. The normalized spacial score (nSPS) is 10.7. The summed E-state index contributed by atoms with van der Waals surface area (Å²) in [6, 6.07) is 12.1. The molecule has 4 nitrogen and oxygen atoms in total.